The number of fused-ring (bicyclic) bond motifs is 6. The van der Waals surface area contributed by atoms with Crippen molar-refractivity contribution in [3.63, 3.8) is 0 Å². The largest absolute Gasteiger partial charge is 0.495 e. The minimum Gasteiger partial charge on any atom is -0.495 e. The number of methoxy groups -OCH3 is 2. The molecule has 2 saturated heterocycles. The molecule has 0 spiro atoms. The Labute approximate surface area is 495 Å². The number of aryl methyl sites for hydroxylation is 1. The Morgan fingerprint density at radius 1 is 0.988 bits per heavy atom. The molecule has 4 N–H and O–H groups in total. The third-order valence-electron chi connectivity index (χ3n) is 15.8. The van der Waals surface area contributed by atoms with E-state index in [1.54, 1.807) is 43.5 Å². The van der Waals surface area contributed by atoms with Gasteiger partial charge in [-0.3, -0.25) is 29.9 Å². The third-order valence-corrected chi connectivity index (χ3v) is 16.2. The highest BCUT2D eigenvalue weighted by atomic mass is 35.5. The van der Waals surface area contributed by atoms with Crippen molar-refractivity contribution in [2.24, 2.45) is 5.92 Å². The van der Waals surface area contributed by atoms with Crippen LogP contribution >= 0.6 is 11.6 Å². The Balaban J connectivity index is 1.17. The summed E-state index contributed by atoms with van der Waals surface area (Å²) >= 11 is 6.92. The minimum atomic E-state index is -2.69. The first kappa shape index (κ1) is 66.4. The van der Waals surface area contributed by atoms with E-state index in [1.807, 2.05) is 42.7 Å². The first-order valence-corrected chi connectivity index (χ1v) is 28.2. The fourth-order valence-electron chi connectivity index (χ4n) is 10.1. The van der Waals surface area contributed by atoms with Gasteiger partial charge in [-0.15, -0.1) is 0 Å². The van der Waals surface area contributed by atoms with E-state index in [0.29, 0.717) is 25.1 Å². The SMILES string of the molecule is CNN(C)Cc1cc2cccnc2n1CCC(=O)NCCOCCOCCC(=O)N(C)C(C)C(=O)O[C@]1(OC(=O)[C@H](C)N(C)C(C)=O)CC(=O)N(C)c2cc(cc(OC)c2Cl)C/C(C)=C/C=C/C(OC)[C@@]2(O)C[C@H](OC(=O)N2)[C@@H](C)[C@@H]2O[C@]21C. The van der Waals surface area contributed by atoms with Crippen LogP contribution in [0.25, 0.3) is 11.0 Å². The maximum absolute atomic E-state index is 15.1. The molecule has 6 rings (SSSR count). The highest BCUT2D eigenvalue weighted by Crippen LogP contribution is 2.55. The molecule has 5 heterocycles. The van der Waals surface area contributed by atoms with E-state index in [0.717, 1.165) is 32.1 Å². The molecule has 0 aliphatic carbocycles. The summed E-state index contributed by atoms with van der Waals surface area (Å²) in [6, 6.07) is 6.61. The zero-order valence-corrected chi connectivity index (χ0v) is 51.0. The summed E-state index contributed by atoms with van der Waals surface area (Å²) in [5.41, 5.74) is 2.63. The quantitative estimate of drug-likeness (QED) is 0.0345. The second kappa shape index (κ2) is 28.9. The van der Waals surface area contributed by atoms with Crippen molar-refractivity contribution in [3.8, 4) is 5.75 Å². The lowest BCUT2D eigenvalue weighted by atomic mass is 9.82. The molecular weight excluding hydrogens is 1110 g/mol. The van der Waals surface area contributed by atoms with E-state index in [4.69, 9.17) is 49.5 Å². The number of carbonyl (C=O) groups excluding carboxylic acids is 7. The van der Waals surface area contributed by atoms with Gasteiger partial charge in [-0.1, -0.05) is 42.3 Å². The summed E-state index contributed by atoms with van der Waals surface area (Å²) in [4.78, 5) is 105. The summed E-state index contributed by atoms with van der Waals surface area (Å²) < 4.78 is 49.6. The predicted molar refractivity (Wildman–Crippen MR) is 308 cm³/mol. The summed E-state index contributed by atoms with van der Waals surface area (Å²) in [7, 11) is 10.7. The minimum absolute atomic E-state index is 0.0562. The monoisotopic (exact) mass is 1200 g/mol. The van der Waals surface area contributed by atoms with Gasteiger partial charge in [0.15, 0.2) is 11.3 Å². The zero-order chi connectivity index (χ0) is 61.8. The number of carbonyl (C=O) groups is 7. The number of nitrogens with zero attached hydrogens (tertiary/aromatic N) is 6. The molecule has 5 amide bonds. The molecule has 462 valence electrons. The van der Waals surface area contributed by atoms with Crippen molar-refractivity contribution in [2.75, 3.05) is 87.3 Å². The maximum atomic E-state index is 15.1. The van der Waals surface area contributed by atoms with Crippen LogP contribution in [-0.2, 0) is 81.4 Å². The Kier molecular flexibility index (Phi) is 22.9. The smallest absolute Gasteiger partial charge is 0.409 e. The van der Waals surface area contributed by atoms with E-state index < -0.39 is 95.6 Å². The van der Waals surface area contributed by atoms with Crippen LogP contribution in [0.1, 0.15) is 78.5 Å². The van der Waals surface area contributed by atoms with Crippen LogP contribution in [-0.4, -0.2) is 201 Å². The van der Waals surface area contributed by atoms with E-state index >= 15 is 4.79 Å². The van der Waals surface area contributed by atoms with Gasteiger partial charge in [-0.2, -0.15) is 0 Å². The molecular formula is C58H82ClN9O16. The molecule has 25 nitrogen and oxygen atoms in total. The van der Waals surface area contributed by atoms with Crippen LogP contribution in [0.2, 0.25) is 5.02 Å². The summed E-state index contributed by atoms with van der Waals surface area (Å²) in [5.74, 6) is -7.55. The van der Waals surface area contributed by atoms with Crippen molar-refractivity contribution >= 4 is 70.0 Å². The topological polar surface area (TPSA) is 284 Å². The van der Waals surface area contributed by atoms with Crippen LogP contribution in [0, 0.1) is 5.92 Å². The Morgan fingerprint density at radius 2 is 1.67 bits per heavy atom. The van der Waals surface area contributed by atoms with Crippen LogP contribution in [0.4, 0.5) is 10.5 Å². The number of likely N-dealkylation sites (N-methyl/N-ethyl adjacent to an activating group) is 2. The van der Waals surface area contributed by atoms with Crippen LogP contribution in [0.5, 0.6) is 5.75 Å². The molecule has 2 unspecified atom stereocenters. The second-order valence-corrected chi connectivity index (χ2v) is 22.0. The van der Waals surface area contributed by atoms with Gasteiger partial charge in [0.25, 0.3) is 5.79 Å². The molecule has 2 aromatic heterocycles. The van der Waals surface area contributed by atoms with Crippen molar-refractivity contribution in [2.45, 2.75) is 134 Å². The number of nitrogens with one attached hydrogen (secondary N) is 3. The second-order valence-electron chi connectivity index (χ2n) is 21.6. The molecule has 84 heavy (non-hydrogen) atoms. The number of aromatic nitrogens is 2. The van der Waals surface area contributed by atoms with Gasteiger partial charge in [-0.25, -0.2) is 24.4 Å². The first-order chi connectivity index (χ1) is 39.7. The molecule has 9 atom stereocenters. The lowest BCUT2D eigenvalue weighted by Gasteiger charge is -2.42. The number of hydrogen-bond donors (Lipinski definition) is 4. The molecule has 3 aliphatic heterocycles. The number of alkyl carbamates (subject to hydrolysis) is 1. The molecule has 1 aromatic carbocycles. The van der Waals surface area contributed by atoms with Gasteiger partial charge in [0.2, 0.25) is 23.6 Å². The number of anilines is 1. The molecule has 3 aliphatic rings. The number of esters is 2. The first-order valence-electron chi connectivity index (χ1n) is 27.8. The molecule has 0 radical (unpaired) electrons. The fourth-order valence-corrected chi connectivity index (χ4v) is 10.4. The number of ether oxygens (including phenoxy) is 8. The molecule has 26 heteroatoms. The van der Waals surface area contributed by atoms with Gasteiger partial charge in [0.05, 0.1) is 52.2 Å². The van der Waals surface area contributed by atoms with Crippen molar-refractivity contribution < 1.29 is 76.6 Å². The molecule has 2 fully saturated rings. The number of rotatable bonds is 23. The van der Waals surface area contributed by atoms with Gasteiger partial charge < -0.3 is 67.6 Å². The number of hydrazine groups is 1. The normalized spacial score (nSPS) is 25.2. The van der Waals surface area contributed by atoms with Crippen LogP contribution in [0.3, 0.4) is 0 Å². The molecule has 4 bridgehead atoms. The number of hydrogen-bond acceptors (Lipinski definition) is 19. The number of pyridine rings is 1. The maximum Gasteiger partial charge on any atom is 0.409 e. The summed E-state index contributed by atoms with van der Waals surface area (Å²) in [6.07, 6.45) is 1.69. The van der Waals surface area contributed by atoms with E-state index in [-0.39, 0.29) is 74.6 Å². The number of allylic oxidation sites excluding steroid dienone is 3. The fraction of sp³-hybridized carbons (Fsp3) is 0.586. The number of aliphatic hydroxyl groups is 1. The summed E-state index contributed by atoms with van der Waals surface area (Å²) in [5, 5.41) is 20.4. The van der Waals surface area contributed by atoms with E-state index in [2.05, 4.69) is 27.1 Å². The average Bonchev–Trinajstić information content (AvgIpc) is 1.57. The number of halogens is 1. The lowest BCUT2D eigenvalue weighted by Crippen LogP contribution is -2.64. The van der Waals surface area contributed by atoms with Gasteiger partial charge in [0, 0.05) is 91.4 Å². The lowest BCUT2D eigenvalue weighted by molar-refractivity contribution is -0.255. The van der Waals surface area contributed by atoms with E-state index in [9.17, 15) is 33.9 Å². The Morgan fingerprint density at radius 3 is 2.32 bits per heavy atom. The van der Waals surface area contributed by atoms with Gasteiger partial charge in [0.1, 0.15) is 53.2 Å². The number of amides is 5. The highest BCUT2D eigenvalue weighted by molar-refractivity contribution is 6.35. The van der Waals surface area contributed by atoms with Crippen molar-refractivity contribution in [1.29, 1.82) is 0 Å². The van der Waals surface area contributed by atoms with Crippen molar-refractivity contribution in [1.82, 2.24) is 40.4 Å². The van der Waals surface area contributed by atoms with E-state index in [1.165, 1.54) is 68.0 Å². The Bertz CT molecular complexity index is 2940. The standard InChI is InChI=1S/C58H82ClN9O16/c1-35-16-14-18-46(78-13)57(76)32-45(81-55(75)63-57)36(2)51-56(6,82-51)58(83-53(73)37(3)65(9)39(5)69,33-49(72)67(11)43-29-40(28-35)30-44(77-12)50(43)59)84-54(74)38(4)66(10)48(71)20-24-79-26-27-80-25-22-61-47(70)19-23-68-42(34-64(8)60-7)31-41-17-15-21-62-52(41)68/h14-18,21,29-31,36-38,45-46,51,60,76H,19-20,22-28,32-34H2,1-13H3,(H,61,70)(H,63,75)/b18-14+,35-16+/t36-,37+,38?,45+,46?,51+,56-,57+,58-/m1/s1. The van der Waals surface area contributed by atoms with Crippen molar-refractivity contribution in [3.05, 3.63) is 76.6 Å². The highest BCUT2D eigenvalue weighted by Gasteiger charge is 2.74. The molecule has 0 saturated carbocycles. The van der Waals surface area contributed by atoms with Crippen LogP contribution < -0.4 is 25.7 Å². The number of epoxide rings is 1. The van der Waals surface area contributed by atoms with Crippen LogP contribution in [0.15, 0.2) is 60.3 Å². The Hall–Kier alpha value is -6.71. The number of benzene rings is 1. The summed E-state index contributed by atoms with van der Waals surface area (Å²) in [6.45, 7) is 10.7. The average molecular weight is 1200 g/mol. The third kappa shape index (κ3) is 15.8. The zero-order valence-electron chi connectivity index (χ0n) is 50.3. The van der Waals surface area contributed by atoms with Gasteiger partial charge >= 0.3 is 18.0 Å². The predicted octanol–water partition coefficient (Wildman–Crippen LogP) is 3.80. The molecule has 3 aromatic rings. The van der Waals surface area contributed by atoms with Gasteiger partial charge in [-0.05, 0) is 77.1 Å².